The number of aliphatic hydroxyl groups is 1. The van der Waals surface area contributed by atoms with E-state index in [2.05, 4.69) is 15.9 Å². The maximum absolute atomic E-state index is 9.64. The highest BCUT2D eigenvalue weighted by atomic mass is 79.9. The average Bonchev–Trinajstić information content (AvgIpc) is 2.51. The Labute approximate surface area is 86.3 Å². The fourth-order valence-electron chi connectivity index (χ4n) is 1.71. The number of anilines is 1. The van der Waals surface area contributed by atoms with Crippen molar-refractivity contribution < 1.29 is 5.11 Å². The van der Waals surface area contributed by atoms with Gasteiger partial charge >= 0.3 is 0 Å². The molecule has 0 saturated carbocycles. The molecule has 1 aromatic carbocycles. The van der Waals surface area contributed by atoms with Crippen molar-refractivity contribution in [3.8, 4) is 0 Å². The second-order valence-corrected chi connectivity index (χ2v) is 4.21. The van der Waals surface area contributed by atoms with Gasteiger partial charge in [0, 0.05) is 16.7 Å². The van der Waals surface area contributed by atoms with Crippen molar-refractivity contribution in [2.45, 2.75) is 19.1 Å². The van der Waals surface area contributed by atoms with Crippen molar-refractivity contribution in [3.05, 3.63) is 28.7 Å². The van der Waals surface area contributed by atoms with Crippen LogP contribution in [0.3, 0.4) is 0 Å². The van der Waals surface area contributed by atoms with E-state index >= 15 is 0 Å². The van der Waals surface area contributed by atoms with Crippen LogP contribution in [0.15, 0.2) is 28.7 Å². The first kappa shape index (κ1) is 9.03. The average molecular weight is 242 g/mol. The molecule has 0 aliphatic carbocycles. The van der Waals surface area contributed by atoms with Gasteiger partial charge in [0.25, 0.3) is 0 Å². The molecule has 1 atom stereocenters. The van der Waals surface area contributed by atoms with Crippen LogP contribution in [0, 0.1) is 0 Å². The van der Waals surface area contributed by atoms with Crippen LogP contribution in [-0.4, -0.2) is 17.9 Å². The third kappa shape index (κ3) is 1.86. The minimum absolute atomic E-state index is 0.297. The molecule has 70 valence electrons. The first-order valence-electron chi connectivity index (χ1n) is 4.47. The van der Waals surface area contributed by atoms with Gasteiger partial charge < -0.3 is 10.0 Å². The molecule has 1 aliphatic heterocycles. The van der Waals surface area contributed by atoms with Crippen molar-refractivity contribution in [2.75, 3.05) is 11.4 Å². The van der Waals surface area contributed by atoms with Gasteiger partial charge in [-0.1, -0.05) is 22.0 Å². The zero-order valence-electron chi connectivity index (χ0n) is 7.28. The van der Waals surface area contributed by atoms with E-state index in [1.54, 1.807) is 0 Å². The SMILES string of the molecule is OC1CCCN1c1cccc(Br)c1. The van der Waals surface area contributed by atoms with E-state index in [9.17, 15) is 5.11 Å². The second kappa shape index (κ2) is 3.68. The predicted molar refractivity (Wildman–Crippen MR) is 56.7 cm³/mol. The smallest absolute Gasteiger partial charge is 0.126 e. The Kier molecular flexibility index (Phi) is 2.56. The van der Waals surface area contributed by atoms with E-state index in [0.29, 0.717) is 0 Å². The lowest BCUT2D eigenvalue weighted by atomic mass is 10.3. The molecule has 1 fully saturated rings. The van der Waals surface area contributed by atoms with Crippen LogP contribution < -0.4 is 4.90 Å². The Bertz CT molecular complexity index is 303. The molecule has 1 unspecified atom stereocenters. The lowest BCUT2D eigenvalue weighted by Crippen LogP contribution is -2.28. The zero-order valence-corrected chi connectivity index (χ0v) is 8.87. The molecular formula is C10H12BrNO. The molecule has 1 aromatic rings. The number of hydrogen-bond donors (Lipinski definition) is 1. The van der Waals surface area contributed by atoms with Crippen LogP contribution in [0.5, 0.6) is 0 Å². The van der Waals surface area contributed by atoms with Gasteiger partial charge in [-0.15, -0.1) is 0 Å². The molecular weight excluding hydrogens is 230 g/mol. The topological polar surface area (TPSA) is 23.5 Å². The lowest BCUT2D eigenvalue weighted by molar-refractivity contribution is 0.185. The van der Waals surface area contributed by atoms with Crippen LogP contribution in [0.4, 0.5) is 5.69 Å². The normalized spacial score (nSPS) is 22.3. The summed E-state index contributed by atoms with van der Waals surface area (Å²) in [7, 11) is 0. The van der Waals surface area contributed by atoms with Crippen LogP contribution in [0.1, 0.15) is 12.8 Å². The molecule has 0 aromatic heterocycles. The van der Waals surface area contributed by atoms with Gasteiger partial charge in [-0.2, -0.15) is 0 Å². The Morgan fingerprint density at radius 3 is 2.92 bits per heavy atom. The van der Waals surface area contributed by atoms with Crippen LogP contribution in [0.2, 0.25) is 0 Å². The third-order valence-electron chi connectivity index (χ3n) is 2.36. The van der Waals surface area contributed by atoms with E-state index in [4.69, 9.17) is 0 Å². The van der Waals surface area contributed by atoms with E-state index in [1.165, 1.54) is 0 Å². The Morgan fingerprint density at radius 2 is 2.31 bits per heavy atom. The monoisotopic (exact) mass is 241 g/mol. The summed E-state index contributed by atoms with van der Waals surface area (Å²) < 4.78 is 1.06. The number of nitrogens with zero attached hydrogens (tertiary/aromatic N) is 1. The number of aliphatic hydroxyl groups excluding tert-OH is 1. The minimum Gasteiger partial charge on any atom is -0.374 e. The minimum atomic E-state index is -0.297. The quantitative estimate of drug-likeness (QED) is 0.817. The lowest BCUT2D eigenvalue weighted by Gasteiger charge is -2.22. The third-order valence-corrected chi connectivity index (χ3v) is 2.85. The highest BCUT2D eigenvalue weighted by molar-refractivity contribution is 9.10. The van der Waals surface area contributed by atoms with Crippen LogP contribution in [0.25, 0.3) is 0 Å². The van der Waals surface area contributed by atoms with Crippen molar-refractivity contribution in [2.24, 2.45) is 0 Å². The molecule has 0 bridgehead atoms. The zero-order chi connectivity index (χ0) is 9.26. The van der Waals surface area contributed by atoms with Gasteiger partial charge in [-0.05, 0) is 31.0 Å². The summed E-state index contributed by atoms with van der Waals surface area (Å²) >= 11 is 3.42. The number of hydrogen-bond acceptors (Lipinski definition) is 2. The van der Waals surface area contributed by atoms with Crippen molar-refractivity contribution in [3.63, 3.8) is 0 Å². The molecule has 1 heterocycles. The van der Waals surface area contributed by atoms with E-state index in [-0.39, 0.29) is 6.23 Å². The number of benzene rings is 1. The summed E-state index contributed by atoms with van der Waals surface area (Å²) in [5.74, 6) is 0. The largest absolute Gasteiger partial charge is 0.374 e. The van der Waals surface area contributed by atoms with Crippen molar-refractivity contribution in [1.82, 2.24) is 0 Å². The van der Waals surface area contributed by atoms with Gasteiger partial charge in [-0.25, -0.2) is 0 Å². The van der Waals surface area contributed by atoms with Crippen LogP contribution >= 0.6 is 15.9 Å². The molecule has 2 rings (SSSR count). The first-order valence-corrected chi connectivity index (χ1v) is 5.27. The Hall–Kier alpha value is -0.540. The number of halogens is 1. The predicted octanol–water partition coefficient (Wildman–Crippen LogP) is 2.37. The van der Waals surface area contributed by atoms with Gasteiger partial charge in [-0.3, -0.25) is 0 Å². The Balaban J connectivity index is 2.24. The molecule has 0 radical (unpaired) electrons. The first-order chi connectivity index (χ1) is 6.27. The summed E-state index contributed by atoms with van der Waals surface area (Å²) in [6.45, 7) is 0.956. The molecule has 13 heavy (non-hydrogen) atoms. The van der Waals surface area contributed by atoms with E-state index in [1.807, 2.05) is 29.2 Å². The second-order valence-electron chi connectivity index (χ2n) is 3.30. The summed E-state index contributed by atoms with van der Waals surface area (Å²) in [5, 5.41) is 9.64. The maximum atomic E-state index is 9.64. The summed E-state index contributed by atoms with van der Waals surface area (Å²) in [5.41, 5.74) is 1.10. The molecule has 1 aliphatic rings. The summed E-state index contributed by atoms with van der Waals surface area (Å²) in [6.07, 6.45) is 1.66. The summed E-state index contributed by atoms with van der Waals surface area (Å²) in [4.78, 5) is 2.03. The molecule has 1 saturated heterocycles. The molecule has 0 spiro atoms. The van der Waals surface area contributed by atoms with E-state index < -0.39 is 0 Å². The summed E-state index contributed by atoms with van der Waals surface area (Å²) in [6, 6.07) is 8.05. The van der Waals surface area contributed by atoms with Gasteiger partial charge in [0.15, 0.2) is 0 Å². The standard InChI is InChI=1S/C10H12BrNO/c11-8-3-1-4-9(7-8)12-6-2-5-10(12)13/h1,3-4,7,10,13H,2,5-6H2. The molecule has 2 nitrogen and oxygen atoms in total. The van der Waals surface area contributed by atoms with Crippen molar-refractivity contribution in [1.29, 1.82) is 0 Å². The fraction of sp³-hybridized carbons (Fsp3) is 0.400. The Morgan fingerprint density at radius 1 is 1.46 bits per heavy atom. The molecule has 0 amide bonds. The van der Waals surface area contributed by atoms with E-state index in [0.717, 1.165) is 29.5 Å². The molecule has 1 N–H and O–H groups in total. The number of rotatable bonds is 1. The van der Waals surface area contributed by atoms with Gasteiger partial charge in [0.2, 0.25) is 0 Å². The maximum Gasteiger partial charge on any atom is 0.126 e. The fourth-order valence-corrected chi connectivity index (χ4v) is 2.09. The van der Waals surface area contributed by atoms with Crippen molar-refractivity contribution >= 4 is 21.6 Å². The van der Waals surface area contributed by atoms with Gasteiger partial charge in [0.1, 0.15) is 6.23 Å². The molecule has 3 heteroatoms. The van der Waals surface area contributed by atoms with Crippen LogP contribution in [-0.2, 0) is 0 Å². The highest BCUT2D eigenvalue weighted by Gasteiger charge is 2.21. The highest BCUT2D eigenvalue weighted by Crippen LogP contribution is 2.26. The van der Waals surface area contributed by atoms with Gasteiger partial charge in [0.05, 0.1) is 0 Å².